The lowest BCUT2D eigenvalue weighted by Gasteiger charge is -2.38. The van der Waals surface area contributed by atoms with E-state index in [1.807, 2.05) is 42.5 Å². The molecule has 1 fully saturated rings. The van der Waals surface area contributed by atoms with E-state index in [1.165, 1.54) is 6.20 Å². The highest BCUT2D eigenvalue weighted by molar-refractivity contribution is 5.95. The summed E-state index contributed by atoms with van der Waals surface area (Å²) < 4.78 is 5.75. The van der Waals surface area contributed by atoms with Crippen molar-refractivity contribution in [3.63, 3.8) is 0 Å². The zero-order chi connectivity index (χ0) is 18.4. The fraction of sp³-hybridized carbons (Fsp3) is 0.238. The van der Waals surface area contributed by atoms with E-state index in [4.69, 9.17) is 4.74 Å². The molecular weight excluding hydrogens is 342 g/mol. The standard InChI is InChI=1S/C21H17N3O3/c25-19(18-13-22-16-7-3-4-8-17(16)23-18)24-11-9-21(10-12-24)15-6-2-1-5-14(15)20(26)27-21/h1-8,13H,9-12H2. The van der Waals surface area contributed by atoms with E-state index in [2.05, 4.69) is 9.97 Å². The maximum Gasteiger partial charge on any atom is 0.339 e. The molecule has 0 bridgehead atoms. The normalized spacial score (nSPS) is 17.8. The number of carbonyl (C=O) groups is 2. The van der Waals surface area contributed by atoms with Crippen molar-refractivity contribution in [1.29, 1.82) is 0 Å². The average Bonchev–Trinajstić information content (AvgIpc) is 2.99. The van der Waals surface area contributed by atoms with Crippen molar-refractivity contribution in [2.45, 2.75) is 18.4 Å². The molecule has 2 aliphatic rings. The monoisotopic (exact) mass is 359 g/mol. The zero-order valence-electron chi connectivity index (χ0n) is 14.6. The fourth-order valence-corrected chi connectivity index (χ4v) is 4.01. The van der Waals surface area contributed by atoms with Crippen molar-refractivity contribution >= 4 is 22.9 Å². The SMILES string of the molecule is O=C1OC2(CCN(C(=O)c3cnc4ccccc4n3)CC2)c2ccccc21. The van der Waals surface area contributed by atoms with Gasteiger partial charge < -0.3 is 9.64 Å². The van der Waals surface area contributed by atoms with Gasteiger partial charge in [0.1, 0.15) is 11.3 Å². The largest absolute Gasteiger partial charge is 0.450 e. The molecule has 0 radical (unpaired) electrons. The van der Waals surface area contributed by atoms with Crippen molar-refractivity contribution in [2.24, 2.45) is 0 Å². The number of hydrogen-bond acceptors (Lipinski definition) is 5. The Kier molecular flexibility index (Phi) is 3.47. The molecule has 0 unspecified atom stereocenters. The third-order valence-electron chi connectivity index (χ3n) is 5.45. The van der Waals surface area contributed by atoms with Crippen LogP contribution in [0.25, 0.3) is 11.0 Å². The van der Waals surface area contributed by atoms with Crippen LogP contribution in [0.1, 0.15) is 39.3 Å². The van der Waals surface area contributed by atoms with Crippen LogP contribution in [0.2, 0.25) is 0 Å². The number of fused-ring (bicyclic) bond motifs is 3. The van der Waals surface area contributed by atoms with E-state index < -0.39 is 5.60 Å². The van der Waals surface area contributed by atoms with Gasteiger partial charge in [-0.15, -0.1) is 0 Å². The van der Waals surface area contributed by atoms with Crippen LogP contribution in [0, 0.1) is 0 Å². The number of benzene rings is 2. The fourth-order valence-electron chi connectivity index (χ4n) is 4.01. The Labute approximate surface area is 155 Å². The van der Waals surface area contributed by atoms with E-state index in [1.54, 1.807) is 11.0 Å². The molecule has 3 heterocycles. The van der Waals surface area contributed by atoms with Crippen molar-refractivity contribution in [3.05, 3.63) is 71.5 Å². The van der Waals surface area contributed by atoms with Crippen LogP contribution in [-0.2, 0) is 10.3 Å². The number of esters is 1. The van der Waals surface area contributed by atoms with Gasteiger partial charge in [-0.2, -0.15) is 0 Å². The highest BCUT2D eigenvalue weighted by Crippen LogP contribution is 2.44. The number of carbonyl (C=O) groups excluding carboxylic acids is 2. The highest BCUT2D eigenvalue weighted by atomic mass is 16.6. The molecule has 1 saturated heterocycles. The number of para-hydroxylation sites is 2. The lowest BCUT2D eigenvalue weighted by molar-refractivity contribution is -0.0390. The van der Waals surface area contributed by atoms with Gasteiger partial charge in [0, 0.05) is 31.5 Å². The maximum absolute atomic E-state index is 12.9. The molecule has 5 rings (SSSR count). The molecule has 2 aliphatic heterocycles. The molecule has 134 valence electrons. The van der Waals surface area contributed by atoms with Gasteiger partial charge in [0.25, 0.3) is 5.91 Å². The van der Waals surface area contributed by atoms with E-state index in [0.717, 1.165) is 11.1 Å². The number of aromatic nitrogens is 2. The molecule has 1 aromatic heterocycles. The first-order chi connectivity index (χ1) is 13.2. The summed E-state index contributed by atoms with van der Waals surface area (Å²) in [5.74, 6) is -0.411. The van der Waals surface area contributed by atoms with Crippen LogP contribution in [0.3, 0.4) is 0 Å². The van der Waals surface area contributed by atoms with Gasteiger partial charge in [-0.05, 0) is 18.2 Å². The Balaban J connectivity index is 1.37. The molecule has 0 N–H and O–H groups in total. The number of rotatable bonds is 1. The zero-order valence-corrected chi connectivity index (χ0v) is 14.6. The third-order valence-corrected chi connectivity index (χ3v) is 5.45. The van der Waals surface area contributed by atoms with Crippen LogP contribution in [0.5, 0.6) is 0 Å². The van der Waals surface area contributed by atoms with Crippen LogP contribution in [-0.4, -0.2) is 39.8 Å². The van der Waals surface area contributed by atoms with Gasteiger partial charge in [0.2, 0.25) is 0 Å². The minimum absolute atomic E-state index is 0.138. The summed E-state index contributed by atoms with van der Waals surface area (Å²) in [5.41, 5.74) is 2.77. The molecule has 0 aliphatic carbocycles. The van der Waals surface area contributed by atoms with Gasteiger partial charge in [-0.3, -0.25) is 9.78 Å². The van der Waals surface area contributed by atoms with Gasteiger partial charge in [-0.1, -0.05) is 30.3 Å². The summed E-state index contributed by atoms with van der Waals surface area (Å²) in [5, 5.41) is 0. The minimum atomic E-state index is -0.612. The van der Waals surface area contributed by atoms with Crippen molar-refractivity contribution < 1.29 is 14.3 Å². The topological polar surface area (TPSA) is 72.4 Å². The van der Waals surface area contributed by atoms with Crippen LogP contribution >= 0.6 is 0 Å². The van der Waals surface area contributed by atoms with Gasteiger partial charge in [0.15, 0.2) is 0 Å². The number of amides is 1. The molecule has 1 amide bonds. The molecular formula is C21H17N3O3. The second-order valence-corrected chi connectivity index (χ2v) is 6.97. The minimum Gasteiger partial charge on any atom is -0.450 e. The summed E-state index contributed by atoms with van der Waals surface area (Å²) in [6.07, 6.45) is 2.70. The maximum atomic E-state index is 12.9. The van der Waals surface area contributed by atoms with Crippen molar-refractivity contribution in [2.75, 3.05) is 13.1 Å². The Morgan fingerprint density at radius 1 is 1.00 bits per heavy atom. The summed E-state index contributed by atoms with van der Waals surface area (Å²) in [6.45, 7) is 1.02. The summed E-state index contributed by atoms with van der Waals surface area (Å²) in [6, 6.07) is 15.0. The number of likely N-dealkylation sites (tertiary alicyclic amines) is 1. The van der Waals surface area contributed by atoms with E-state index >= 15 is 0 Å². The molecule has 1 spiro atoms. The Hall–Kier alpha value is -3.28. The Bertz CT molecular complexity index is 1070. The van der Waals surface area contributed by atoms with Gasteiger partial charge >= 0.3 is 5.97 Å². The number of hydrogen-bond donors (Lipinski definition) is 0. The van der Waals surface area contributed by atoms with E-state index in [-0.39, 0.29) is 11.9 Å². The van der Waals surface area contributed by atoms with Crippen molar-refractivity contribution in [1.82, 2.24) is 14.9 Å². The van der Waals surface area contributed by atoms with E-state index in [0.29, 0.717) is 42.7 Å². The number of piperidine rings is 1. The Morgan fingerprint density at radius 3 is 2.52 bits per heavy atom. The predicted molar refractivity (Wildman–Crippen MR) is 98.2 cm³/mol. The summed E-state index contributed by atoms with van der Waals surface area (Å²) in [7, 11) is 0. The van der Waals surface area contributed by atoms with Gasteiger partial charge in [0.05, 0.1) is 22.8 Å². The van der Waals surface area contributed by atoms with E-state index in [9.17, 15) is 9.59 Å². The van der Waals surface area contributed by atoms with Crippen LogP contribution in [0.4, 0.5) is 0 Å². The molecule has 6 nitrogen and oxygen atoms in total. The molecule has 2 aromatic carbocycles. The van der Waals surface area contributed by atoms with Crippen molar-refractivity contribution in [3.8, 4) is 0 Å². The predicted octanol–water partition coefficient (Wildman–Crippen LogP) is 2.93. The Morgan fingerprint density at radius 2 is 1.70 bits per heavy atom. The first kappa shape index (κ1) is 15.9. The third kappa shape index (κ3) is 2.48. The summed E-state index contributed by atoms with van der Waals surface area (Å²) in [4.78, 5) is 35.6. The van der Waals surface area contributed by atoms with Crippen LogP contribution < -0.4 is 0 Å². The molecule has 6 heteroatoms. The first-order valence-corrected chi connectivity index (χ1v) is 9.00. The quantitative estimate of drug-likeness (QED) is 0.625. The molecule has 0 atom stereocenters. The van der Waals surface area contributed by atoms with Gasteiger partial charge in [-0.25, -0.2) is 9.78 Å². The number of nitrogens with zero attached hydrogens (tertiary/aromatic N) is 3. The second-order valence-electron chi connectivity index (χ2n) is 6.97. The first-order valence-electron chi connectivity index (χ1n) is 9.00. The smallest absolute Gasteiger partial charge is 0.339 e. The van der Waals surface area contributed by atoms with Crippen LogP contribution in [0.15, 0.2) is 54.7 Å². The lowest BCUT2D eigenvalue weighted by Crippen LogP contribution is -2.45. The second kappa shape index (κ2) is 5.87. The highest BCUT2D eigenvalue weighted by Gasteiger charge is 2.47. The number of ether oxygens (including phenoxy) is 1. The molecule has 27 heavy (non-hydrogen) atoms. The molecule has 3 aromatic rings. The molecule has 0 saturated carbocycles. The summed E-state index contributed by atoms with van der Waals surface area (Å²) >= 11 is 0. The lowest BCUT2D eigenvalue weighted by atomic mass is 9.83. The average molecular weight is 359 g/mol.